The Kier molecular flexibility index (Phi) is 8.10. The van der Waals surface area contributed by atoms with Crippen LogP contribution in [0.25, 0.3) is 6.08 Å². The smallest absolute Gasteiger partial charge is 0.272 e. The van der Waals surface area contributed by atoms with Crippen LogP contribution >= 0.6 is 11.6 Å². The summed E-state index contributed by atoms with van der Waals surface area (Å²) in [5, 5.41) is 5.08. The summed E-state index contributed by atoms with van der Waals surface area (Å²) in [6.45, 7) is 0. The summed E-state index contributed by atoms with van der Waals surface area (Å²) in [6.07, 6.45) is 1.45. The van der Waals surface area contributed by atoms with Gasteiger partial charge in [0.1, 0.15) is 11.5 Å². The molecule has 0 fully saturated rings. The molecule has 0 spiro atoms. The molecule has 3 rings (SSSR count). The van der Waals surface area contributed by atoms with Gasteiger partial charge in [0.05, 0.1) is 26.4 Å². The van der Waals surface area contributed by atoms with E-state index in [1.54, 1.807) is 42.5 Å². The van der Waals surface area contributed by atoms with Gasteiger partial charge in [0.25, 0.3) is 11.8 Å². The van der Waals surface area contributed by atoms with Gasteiger partial charge in [-0.15, -0.1) is 0 Å². The lowest BCUT2D eigenvalue weighted by molar-refractivity contribution is -0.113. The molecule has 2 N–H and O–H groups in total. The zero-order valence-electron chi connectivity index (χ0n) is 18.6. The molecule has 0 bridgehead atoms. The fourth-order valence-electron chi connectivity index (χ4n) is 3.07. The number of methoxy groups -OCH3 is 3. The van der Waals surface area contributed by atoms with Gasteiger partial charge >= 0.3 is 0 Å². The van der Waals surface area contributed by atoms with Crippen LogP contribution in [0.3, 0.4) is 0 Å². The molecule has 0 unspecified atom stereocenters. The number of carbonyl (C=O) groups is 2. The van der Waals surface area contributed by atoms with E-state index in [9.17, 15) is 14.0 Å². The minimum Gasteiger partial charge on any atom is -0.493 e. The summed E-state index contributed by atoms with van der Waals surface area (Å²) in [5.41, 5.74) is 1.02. The average molecular weight is 485 g/mol. The lowest BCUT2D eigenvalue weighted by Crippen LogP contribution is -2.30. The van der Waals surface area contributed by atoms with Crippen molar-refractivity contribution < 1.29 is 28.2 Å². The molecule has 3 aromatic rings. The first kappa shape index (κ1) is 24.6. The van der Waals surface area contributed by atoms with Crippen molar-refractivity contribution in [1.29, 1.82) is 0 Å². The van der Waals surface area contributed by atoms with Crippen molar-refractivity contribution in [2.75, 3.05) is 26.6 Å². The van der Waals surface area contributed by atoms with Crippen molar-refractivity contribution >= 4 is 35.2 Å². The molecule has 34 heavy (non-hydrogen) atoms. The number of anilines is 1. The molecule has 0 aliphatic rings. The van der Waals surface area contributed by atoms with E-state index < -0.39 is 17.6 Å². The minimum atomic E-state index is -0.652. The first-order valence-electron chi connectivity index (χ1n) is 10.0. The maximum Gasteiger partial charge on any atom is 0.272 e. The Hall–Kier alpha value is -4.04. The Labute approximate surface area is 201 Å². The predicted octanol–water partition coefficient (Wildman–Crippen LogP) is 4.91. The number of hydrogen-bond acceptors (Lipinski definition) is 5. The highest BCUT2D eigenvalue weighted by Gasteiger charge is 2.18. The molecule has 9 heteroatoms. The highest BCUT2D eigenvalue weighted by Crippen LogP contribution is 2.38. The van der Waals surface area contributed by atoms with E-state index in [4.69, 9.17) is 25.8 Å². The molecule has 0 aliphatic carbocycles. The van der Waals surface area contributed by atoms with Crippen LogP contribution < -0.4 is 24.8 Å². The van der Waals surface area contributed by atoms with Gasteiger partial charge < -0.3 is 24.8 Å². The molecular formula is C25H22ClFN2O5. The molecule has 0 aliphatic heterocycles. The maximum absolute atomic E-state index is 13.5. The summed E-state index contributed by atoms with van der Waals surface area (Å²) in [4.78, 5) is 25.9. The van der Waals surface area contributed by atoms with Gasteiger partial charge in [-0.2, -0.15) is 0 Å². The van der Waals surface area contributed by atoms with E-state index in [0.29, 0.717) is 28.4 Å². The lowest BCUT2D eigenvalue weighted by Gasteiger charge is -2.14. The quantitative estimate of drug-likeness (QED) is 0.443. The molecule has 0 radical (unpaired) electrons. The number of rotatable bonds is 8. The van der Waals surface area contributed by atoms with Crippen LogP contribution in [0.5, 0.6) is 17.2 Å². The van der Waals surface area contributed by atoms with Crippen LogP contribution in [0.4, 0.5) is 10.1 Å². The first-order chi connectivity index (χ1) is 16.4. The van der Waals surface area contributed by atoms with Gasteiger partial charge in [-0.05, 0) is 54.1 Å². The zero-order chi connectivity index (χ0) is 24.7. The Balaban J connectivity index is 2.01. The van der Waals surface area contributed by atoms with Crippen molar-refractivity contribution in [1.82, 2.24) is 5.32 Å². The summed E-state index contributed by atoms with van der Waals surface area (Å²) >= 11 is 5.82. The fourth-order valence-corrected chi connectivity index (χ4v) is 3.25. The third-order valence-corrected chi connectivity index (χ3v) is 4.99. The summed E-state index contributed by atoms with van der Waals surface area (Å²) in [7, 11) is 4.41. The molecule has 3 aromatic carbocycles. The van der Waals surface area contributed by atoms with Gasteiger partial charge in [-0.3, -0.25) is 9.59 Å². The van der Waals surface area contributed by atoms with E-state index in [1.807, 2.05) is 0 Å². The standard InChI is InChI=1S/C25H22ClFN2O5/c1-32-21-12-15(13-22(33-2)23(21)34-3)11-20(29-24(30)16-7-5-4-6-8-16)25(31)28-17-9-10-19(27)18(26)14-17/h4-14H,1-3H3,(H,28,31)(H,29,30)/b20-11+. The fraction of sp³-hybridized carbons (Fsp3) is 0.120. The number of benzene rings is 3. The Bertz CT molecular complexity index is 1210. The highest BCUT2D eigenvalue weighted by molar-refractivity contribution is 6.31. The summed E-state index contributed by atoms with van der Waals surface area (Å²) < 4.78 is 29.5. The SMILES string of the molecule is COc1cc(/C=C(/NC(=O)c2ccccc2)C(=O)Nc2ccc(F)c(Cl)c2)cc(OC)c1OC. The average Bonchev–Trinajstić information content (AvgIpc) is 2.85. The lowest BCUT2D eigenvalue weighted by atomic mass is 10.1. The number of halogens is 2. The van der Waals surface area contributed by atoms with Crippen molar-refractivity contribution in [2.45, 2.75) is 0 Å². The number of amides is 2. The van der Waals surface area contributed by atoms with Crippen LogP contribution in [0, 0.1) is 5.82 Å². The molecule has 176 valence electrons. The van der Waals surface area contributed by atoms with Gasteiger partial charge in [0, 0.05) is 11.3 Å². The van der Waals surface area contributed by atoms with Crippen LogP contribution in [-0.4, -0.2) is 33.1 Å². The maximum atomic E-state index is 13.5. The van der Waals surface area contributed by atoms with E-state index in [2.05, 4.69) is 10.6 Å². The predicted molar refractivity (Wildman–Crippen MR) is 128 cm³/mol. The minimum absolute atomic E-state index is 0.0800. The van der Waals surface area contributed by atoms with E-state index in [0.717, 1.165) is 6.07 Å². The number of hydrogen-bond donors (Lipinski definition) is 2. The van der Waals surface area contributed by atoms with Crippen LogP contribution in [-0.2, 0) is 4.79 Å². The molecule has 0 aromatic heterocycles. The molecule has 0 heterocycles. The summed E-state index contributed by atoms with van der Waals surface area (Å²) in [5.74, 6) is -0.653. The molecular weight excluding hydrogens is 463 g/mol. The number of carbonyl (C=O) groups excluding carboxylic acids is 2. The van der Waals surface area contributed by atoms with Gasteiger partial charge in [0.15, 0.2) is 11.5 Å². The molecule has 7 nitrogen and oxygen atoms in total. The Morgan fingerprint density at radius 3 is 2.12 bits per heavy atom. The zero-order valence-corrected chi connectivity index (χ0v) is 19.4. The molecule has 0 saturated heterocycles. The third-order valence-electron chi connectivity index (χ3n) is 4.70. The van der Waals surface area contributed by atoms with Gasteiger partial charge in [0.2, 0.25) is 5.75 Å². The summed E-state index contributed by atoms with van der Waals surface area (Å²) in [6, 6.07) is 15.4. The highest BCUT2D eigenvalue weighted by atomic mass is 35.5. The van der Waals surface area contributed by atoms with Gasteiger partial charge in [-0.1, -0.05) is 29.8 Å². The Morgan fingerprint density at radius 1 is 0.912 bits per heavy atom. The normalized spacial score (nSPS) is 10.9. The molecule has 0 saturated carbocycles. The topological polar surface area (TPSA) is 85.9 Å². The Morgan fingerprint density at radius 2 is 1.56 bits per heavy atom. The van der Waals surface area contributed by atoms with Crippen molar-refractivity contribution in [3.05, 3.63) is 88.3 Å². The van der Waals surface area contributed by atoms with Crippen molar-refractivity contribution in [2.24, 2.45) is 0 Å². The number of ether oxygens (including phenoxy) is 3. The second-order valence-electron chi connectivity index (χ2n) is 6.92. The largest absolute Gasteiger partial charge is 0.493 e. The van der Waals surface area contributed by atoms with E-state index in [1.165, 1.54) is 39.5 Å². The van der Waals surface area contributed by atoms with Crippen molar-refractivity contribution in [3.63, 3.8) is 0 Å². The second kappa shape index (κ2) is 11.2. The van der Waals surface area contributed by atoms with Crippen LogP contribution in [0.1, 0.15) is 15.9 Å². The second-order valence-corrected chi connectivity index (χ2v) is 7.33. The molecule has 2 amide bonds. The first-order valence-corrected chi connectivity index (χ1v) is 10.4. The van der Waals surface area contributed by atoms with E-state index >= 15 is 0 Å². The third kappa shape index (κ3) is 5.85. The molecule has 0 atom stereocenters. The van der Waals surface area contributed by atoms with Gasteiger partial charge in [-0.25, -0.2) is 4.39 Å². The van der Waals surface area contributed by atoms with Crippen molar-refractivity contribution in [3.8, 4) is 17.2 Å². The van der Waals surface area contributed by atoms with E-state index in [-0.39, 0.29) is 16.4 Å². The number of nitrogens with one attached hydrogen (secondary N) is 2. The monoisotopic (exact) mass is 484 g/mol. The van der Waals surface area contributed by atoms with Crippen LogP contribution in [0.15, 0.2) is 66.4 Å². The van der Waals surface area contributed by atoms with Crippen LogP contribution in [0.2, 0.25) is 5.02 Å².